The standard InChI is InChI=1S/C20H30N2O3.ClH/c1-24-17-10-15-6-9-22(13-16(15)11-18(17)25-2)19(23)12-20(14-21)7-4-3-5-8-20;/h10-11H,3-9,12-14,21H2,1-2H3;1H. The smallest absolute Gasteiger partial charge is 0.223 e. The maximum atomic E-state index is 12.9. The summed E-state index contributed by atoms with van der Waals surface area (Å²) in [5, 5.41) is 0. The van der Waals surface area contributed by atoms with Crippen molar-refractivity contribution in [1.82, 2.24) is 4.90 Å². The first-order chi connectivity index (χ1) is 12.1. The van der Waals surface area contributed by atoms with Crippen molar-refractivity contribution in [1.29, 1.82) is 0 Å². The molecule has 1 fully saturated rings. The molecule has 0 aromatic heterocycles. The number of halogens is 1. The van der Waals surface area contributed by atoms with Gasteiger partial charge in [-0.15, -0.1) is 12.4 Å². The van der Waals surface area contributed by atoms with Gasteiger partial charge in [0.15, 0.2) is 11.5 Å². The topological polar surface area (TPSA) is 64.8 Å². The molecule has 0 atom stereocenters. The molecular weight excluding hydrogens is 352 g/mol. The number of nitrogens with zero attached hydrogens (tertiary/aromatic N) is 1. The molecule has 1 heterocycles. The lowest BCUT2D eigenvalue weighted by molar-refractivity contribution is -0.135. The normalized spacial score (nSPS) is 18.5. The first-order valence-corrected chi connectivity index (χ1v) is 9.32. The molecule has 0 unspecified atom stereocenters. The van der Waals surface area contributed by atoms with Crippen molar-refractivity contribution in [2.45, 2.75) is 51.5 Å². The summed E-state index contributed by atoms with van der Waals surface area (Å²) in [7, 11) is 3.30. The van der Waals surface area contributed by atoms with Crippen LogP contribution in [-0.2, 0) is 17.8 Å². The number of hydrogen-bond acceptors (Lipinski definition) is 4. The summed E-state index contributed by atoms with van der Waals surface area (Å²) in [5.74, 6) is 1.72. The van der Waals surface area contributed by atoms with Gasteiger partial charge in [-0.2, -0.15) is 0 Å². The molecule has 1 aromatic carbocycles. The maximum Gasteiger partial charge on any atom is 0.223 e. The molecule has 2 aliphatic rings. The van der Waals surface area contributed by atoms with Crippen LogP contribution in [0.3, 0.4) is 0 Å². The Bertz CT molecular complexity index is 630. The highest BCUT2D eigenvalue weighted by Gasteiger charge is 2.35. The first-order valence-electron chi connectivity index (χ1n) is 9.32. The van der Waals surface area contributed by atoms with Crippen LogP contribution in [0, 0.1) is 5.41 Å². The third kappa shape index (κ3) is 4.26. The number of ether oxygens (including phenoxy) is 2. The van der Waals surface area contributed by atoms with Gasteiger partial charge in [-0.1, -0.05) is 19.3 Å². The minimum Gasteiger partial charge on any atom is -0.493 e. The van der Waals surface area contributed by atoms with Crippen molar-refractivity contribution in [3.8, 4) is 11.5 Å². The molecule has 26 heavy (non-hydrogen) atoms. The van der Waals surface area contributed by atoms with Crippen LogP contribution in [0.1, 0.15) is 49.7 Å². The predicted molar refractivity (Wildman–Crippen MR) is 105 cm³/mol. The van der Waals surface area contributed by atoms with Gasteiger partial charge >= 0.3 is 0 Å². The highest BCUT2D eigenvalue weighted by atomic mass is 35.5. The Labute approximate surface area is 162 Å². The number of benzene rings is 1. The van der Waals surface area contributed by atoms with Crippen LogP contribution in [0.25, 0.3) is 0 Å². The Balaban J connectivity index is 0.00000243. The molecule has 1 aliphatic carbocycles. The van der Waals surface area contributed by atoms with Gasteiger partial charge in [-0.05, 0) is 54.5 Å². The maximum absolute atomic E-state index is 12.9. The van der Waals surface area contributed by atoms with Gasteiger partial charge < -0.3 is 20.1 Å². The third-order valence-electron chi connectivity index (χ3n) is 5.94. The Kier molecular flexibility index (Phi) is 7.18. The van der Waals surface area contributed by atoms with Gasteiger partial charge in [0, 0.05) is 19.5 Å². The van der Waals surface area contributed by atoms with Crippen molar-refractivity contribution < 1.29 is 14.3 Å². The van der Waals surface area contributed by atoms with E-state index < -0.39 is 0 Å². The second-order valence-corrected chi connectivity index (χ2v) is 7.48. The molecule has 146 valence electrons. The van der Waals surface area contributed by atoms with Crippen LogP contribution in [0.15, 0.2) is 12.1 Å². The highest BCUT2D eigenvalue weighted by molar-refractivity contribution is 5.85. The van der Waals surface area contributed by atoms with E-state index in [1.165, 1.54) is 24.8 Å². The third-order valence-corrected chi connectivity index (χ3v) is 5.94. The SMILES string of the molecule is COc1cc2c(cc1OC)CN(C(=O)CC1(CN)CCCCC1)CC2.Cl. The Hall–Kier alpha value is -1.46. The van der Waals surface area contributed by atoms with E-state index >= 15 is 0 Å². The Morgan fingerprint density at radius 3 is 2.31 bits per heavy atom. The number of carbonyl (C=O) groups excluding carboxylic acids is 1. The fraction of sp³-hybridized carbons (Fsp3) is 0.650. The molecular formula is C20H31ClN2O3. The second kappa shape index (κ2) is 8.96. The molecule has 0 spiro atoms. The average Bonchev–Trinajstić information content (AvgIpc) is 2.67. The quantitative estimate of drug-likeness (QED) is 0.848. The van der Waals surface area contributed by atoms with E-state index in [0.717, 1.165) is 42.9 Å². The summed E-state index contributed by atoms with van der Waals surface area (Å²) in [5.41, 5.74) is 8.48. The van der Waals surface area contributed by atoms with Gasteiger partial charge in [-0.25, -0.2) is 0 Å². The van der Waals surface area contributed by atoms with Crippen LogP contribution in [-0.4, -0.2) is 38.1 Å². The van der Waals surface area contributed by atoms with Gasteiger partial charge in [0.2, 0.25) is 5.91 Å². The summed E-state index contributed by atoms with van der Waals surface area (Å²) in [6, 6.07) is 4.05. The number of rotatable bonds is 5. The summed E-state index contributed by atoms with van der Waals surface area (Å²) in [4.78, 5) is 14.9. The Morgan fingerprint density at radius 1 is 1.12 bits per heavy atom. The van der Waals surface area contributed by atoms with Gasteiger partial charge in [-0.3, -0.25) is 4.79 Å². The zero-order chi connectivity index (χ0) is 17.9. The van der Waals surface area contributed by atoms with Gasteiger partial charge in [0.1, 0.15) is 0 Å². The summed E-state index contributed by atoms with van der Waals surface area (Å²) >= 11 is 0. The molecule has 0 bridgehead atoms. The van der Waals surface area contributed by atoms with Crippen molar-refractivity contribution in [2.75, 3.05) is 27.3 Å². The van der Waals surface area contributed by atoms with E-state index in [0.29, 0.717) is 19.5 Å². The zero-order valence-corrected chi connectivity index (χ0v) is 16.7. The van der Waals surface area contributed by atoms with Crippen molar-refractivity contribution in [3.05, 3.63) is 23.3 Å². The van der Waals surface area contributed by atoms with E-state index in [1.54, 1.807) is 14.2 Å². The van der Waals surface area contributed by atoms with E-state index in [1.807, 2.05) is 17.0 Å². The van der Waals surface area contributed by atoms with Crippen LogP contribution in [0.4, 0.5) is 0 Å². The molecule has 0 radical (unpaired) electrons. The Morgan fingerprint density at radius 2 is 1.73 bits per heavy atom. The molecule has 2 N–H and O–H groups in total. The van der Waals surface area contributed by atoms with Crippen LogP contribution in [0.5, 0.6) is 11.5 Å². The fourth-order valence-corrected chi connectivity index (χ4v) is 4.28. The van der Waals surface area contributed by atoms with Crippen LogP contribution < -0.4 is 15.2 Å². The predicted octanol–water partition coefficient (Wildman–Crippen LogP) is 3.31. The molecule has 0 saturated heterocycles. The zero-order valence-electron chi connectivity index (χ0n) is 15.9. The van der Waals surface area contributed by atoms with Crippen molar-refractivity contribution in [3.63, 3.8) is 0 Å². The molecule has 1 aliphatic heterocycles. The molecule has 3 rings (SSSR count). The number of methoxy groups -OCH3 is 2. The summed E-state index contributed by atoms with van der Waals surface area (Å²) in [6.45, 7) is 2.03. The number of carbonyl (C=O) groups is 1. The largest absolute Gasteiger partial charge is 0.493 e. The second-order valence-electron chi connectivity index (χ2n) is 7.48. The van der Waals surface area contributed by atoms with Crippen molar-refractivity contribution in [2.24, 2.45) is 11.1 Å². The fourth-order valence-electron chi connectivity index (χ4n) is 4.28. The van der Waals surface area contributed by atoms with E-state index in [2.05, 4.69) is 0 Å². The molecule has 1 amide bonds. The van der Waals surface area contributed by atoms with Crippen LogP contribution >= 0.6 is 12.4 Å². The van der Waals surface area contributed by atoms with Crippen molar-refractivity contribution >= 4 is 18.3 Å². The minimum absolute atomic E-state index is 0. The average molecular weight is 383 g/mol. The highest BCUT2D eigenvalue weighted by Crippen LogP contribution is 2.39. The molecule has 1 aromatic rings. The molecule has 1 saturated carbocycles. The molecule has 5 nitrogen and oxygen atoms in total. The number of hydrogen-bond donors (Lipinski definition) is 1. The monoisotopic (exact) mass is 382 g/mol. The minimum atomic E-state index is 0. The number of amides is 1. The van der Waals surface area contributed by atoms with Crippen LogP contribution in [0.2, 0.25) is 0 Å². The molecule has 6 heteroatoms. The van der Waals surface area contributed by atoms with E-state index in [4.69, 9.17) is 15.2 Å². The summed E-state index contributed by atoms with van der Waals surface area (Å²) in [6.07, 6.45) is 7.29. The lowest BCUT2D eigenvalue weighted by Gasteiger charge is -2.38. The first kappa shape index (κ1) is 20.8. The van der Waals surface area contributed by atoms with Gasteiger partial charge in [0.25, 0.3) is 0 Å². The van der Waals surface area contributed by atoms with E-state index in [-0.39, 0.29) is 23.7 Å². The number of fused-ring (bicyclic) bond motifs is 1. The summed E-state index contributed by atoms with van der Waals surface area (Å²) < 4.78 is 10.8. The van der Waals surface area contributed by atoms with Gasteiger partial charge in [0.05, 0.1) is 14.2 Å². The lowest BCUT2D eigenvalue weighted by atomic mass is 9.71. The number of nitrogens with two attached hydrogens (primary N) is 1. The lowest BCUT2D eigenvalue weighted by Crippen LogP contribution is -2.42. The van der Waals surface area contributed by atoms with E-state index in [9.17, 15) is 4.79 Å².